The Kier molecular flexibility index (Phi) is 5.40. The highest BCUT2D eigenvalue weighted by molar-refractivity contribution is 5.91. The summed E-state index contributed by atoms with van der Waals surface area (Å²) in [6.07, 6.45) is 2.79. The molecule has 1 aromatic carbocycles. The van der Waals surface area contributed by atoms with E-state index in [2.05, 4.69) is 4.84 Å². The molecule has 96 valence electrons. The molecule has 2 N–H and O–H groups in total. The number of carboxylic acid groups (broad SMARTS) is 1. The number of carbonyl (C=O) groups excluding carboxylic acids is 1. The number of nitrogens with one attached hydrogen (secondary N) is 1. The molecule has 0 saturated heterocycles. The Bertz CT molecular complexity index is 456. The molecule has 0 spiro atoms. The molecule has 0 bridgehead atoms. The molecule has 0 aromatic heterocycles. The molecule has 18 heavy (non-hydrogen) atoms. The molecule has 1 aromatic rings. The van der Waals surface area contributed by atoms with Crippen LogP contribution in [0.5, 0.6) is 5.75 Å². The number of amides is 1. The van der Waals surface area contributed by atoms with Crippen LogP contribution in [0.25, 0.3) is 6.08 Å². The maximum atomic E-state index is 11.2. The van der Waals surface area contributed by atoms with Crippen molar-refractivity contribution in [2.75, 3.05) is 13.7 Å². The van der Waals surface area contributed by atoms with Crippen molar-refractivity contribution in [3.8, 4) is 5.75 Å². The van der Waals surface area contributed by atoms with Crippen LogP contribution in [-0.2, 0) is 14.4 Å². The maximum Gasteiger partial charge on any atom is 0.332 e. The van der Waals surface area contributed by atoms with Gasteiger partial charge in [-0.1, -0.05) is 12.1 Å². The minimum absolute atomic E-state index is 0.543. The van der Waals surface area contributed by atoms with Crippen molar-refractivity contribution in [3.63, 3.8) is 0 Å². The topological polar surface area (TPSA) is 84.9 Å². The third-order valence-corrected chi connectivity index (χ3v) is 1.89. The van der Waals surface area contributed by atoms with Gasteiger partial charge in [0, 0.05) is 6.08 Å². The molecule has 1 rings (SSSR count). The second-order valence-corrected chi connectivity index (χ2v) is 3.26. The molecular weight excluding hydrogens is 238 g/mol. The third-order valence-electron chi connectivity index (χ3n) is 1.89. The average Bonchev–Trinajstić information content (AvgIpc) is 2.36. The second-order valence-electron chi connectivity index (χ2n) is 3.26. The molecule has 6 heteroatoms. The summed E-state index contributed by atoms with van der Waals surface area (Å²) < 4.78 is 5.03. The van der Waals surface area contributed by atoms with Crippen molar-refractivity contribution in [1.29, 1.82) is 0 Å². The van der Waals surface area contributed by atoms with Crippen molar-refractivity contribution in [1.82, 2.24) is 5.48 Å². The first kappa shape index (κ1) is 13.7. The number of ether oxygens (including phenoxy) is 1. The van der Waals surface area contributed by atoms with Gasteiger partial charge in [-0.25, -0.2) is 10.3 Å². The Balaban J connectivity index is 2.47. The molecule has 1 amide bonds. The van der Waals surface area contributed by atoms with Gasteiger partial charge in [-0.2, -0.15) is 0 Å². The van der Waals surface area contributed by atoms with Gasteiger partial charge in [0.2, 0.25) is 0 Å². The van der Waals surface area contributed by atoms with Crippen LogP contribution >= 0.6 is 0 Å². The highest BCUT2D eigenvalue weighted by Crippen LogP contribution is 2.13. The number of hydrogen-bond acceptors (Lipinski definition) is 4. The zero-order valence-corrected chi connectivity index (χ0v) is 9.75. The highest BCUT2D eigenvalue weighted by atomic mass is 16.7. The second kappa shape index (κ2) is 7.08. The summed E-state index contributed by atoms with van der Waals surface area (Å²) >= 11 is 0. The molecule has 0 heterocycles. The van der Waals surface area contributed by atoms with Gasteiger partial charge < -0.3 is 9.84 Å². The summed E-state index contributed by atoms with van der Waals surface area (Å²) in [6.45, 7) is -0.585. The van der Waals surface area contributed by atoms with Crippen LogP contribution in [0.15, 0.2) is 30.3 Å². The molecular formula is C12H13NO5. The Labute approximate surface area is 104 Å². The molecule has 0 saturated carbocycles. The first-order valence-electron chi connectivity index (χ1n) is 5.07. The van der Waals surface area contributed by atoms with Crippen molar-refractivity contribution in [3.05, 3.63) is 35.9 Å². The van der Waals surface area contributed by atoms with E-state index in [1.54, 1.807) is 37.5 Å². The van der Waals surface area contributed by atoms with Crippen molar-refractivity contribution in [2.45, 2.75) is 0 Å². The van der Waals surface area contributed by atoms with Crippen LogP contribution in [0.4, 0.5) is 0 Å². The maximum absolute atomic E-state index is 11.2. The van der Waals surface area contributed by atoms with Crippen molar-refractivity contribution in [2.24, 2.45) is 0 Å². The summed E-state index contributed by atoms with van der Waals surface area (Å²) in [5, 5.41) is 8.28. The monoisotopic (exact) mass is 251 g/mol. The first-order valence-corrected chi connectivity index (χ1v) is 5.07. The highest BCUT2D eigenvalue weighted by Gasteiger charge is 1.99. The number of aliphatic carboxylic acids is 1. The molecule has 6 nitrogen and oxygen atoms in total. The van der Waals surface area contributed by atoms with E-state index in [0.29, 0.717) is 5.75 Å². The summed E-state index contributed by atoms with van der Waals surface area (Å²) in [7, 11) is 1.55. The quantitative estimate of drug-likeness (QED) is 0.578. The van der Waals surface area contributed by atoms with E-state index >= 15 is 0 Å². The fourth-order valence-electron chi connectivity index (χ4n) is 1.12. The normalized spacial score (nSPS) is 10.3. The van der Waals surface area contributed by atoms with Gasteiger partial charge in [-0.05, 0) is 23.8 Å². The lowest BCUT2D eigenvalue weighted by Gasteiger charge is -2.01. The SMILES string of the molecule is COc1cccc(/C=C/C(=O)NOCC(=O)O)c1. The Morgan fingerprint density at radius 3 is 2.89 bits per heavy atom. The van der Waals surface area contributed by atoms with Gasteiger partial charge in [0.25, 0.3) is 5.91 Å². The van der Waals surface area contributed by atoms with E-state index in [4.69, 9.17) is 9.84 Å². The van der Waals surface area contributed by atoms with Crippen molar-refractivity contribution >= 4 is 18.0 Å². The molecule has 0 aliphatic carbocycles. The number of rotatable bonds is 6. The minimum Gasteiger partial charge on any atom is -0.497 e. The largest absolute Gasteiger partial charge is 0.497 e. The number of carbonyl (C=O) groups is 2. The predicted octanol–water partition coefficient (Wildman–Crippen LogP) is 0.841. The summed E-state index contributed by atoms with van der Waals surface area (Å²) in [6, 6.07) is 7.12. The summed E-state index contributed by atoms with van der Waals surface area (Å²) in [5.41, 5.74) is 2.76. The minimum atomic E-state index is -1.16. The van der Waals surface area contributed by atoms with Crippen LogP contribution in [0, 0.1) is 0 Å². The fraction of sp³-hybridized carbons (Fsp3) is 0.167. The zero-order chi connectivity index (χ0) is 13.4. The van der Waals surface area contributed by atoms with E-state index in [-0.39, 0.29) is 0 Å². The van der Waals surface area contributed by atoms with E-state index < -0.39 is 18.5 Å². The molecule has 0 unspecified atom stereocenters. The van der Waals surface area contributed by atoms with Gasteiger partial charge in [0.05, 0.1) is 7.11 Å². The van der Waals surface area contributed by atoms with Crippen molar-refractivity contribution < 1.29 is 24.3 Å². The van der Waals surface area contributed by atoms with Gasteiger partial charge in [0.15, 0.2) is 6.61 Å². The Morgan fingerprint density at radius 2 is 2.22 bits per heavy atom. The molecule has 0 atom stereocenters. The smallest absolute Gasteiger partial charge is 0.332 e. The number of hydroxylamine groups is 1. The zero-order valence-electron chi connectivity index (χ0n) is 9.75. The molecule has 0 aliphatic heterocycles. The van der Waals surface area contributed by atoms with Gasteiger partial charge in [0.1, 0.15) is 5.75 Å². The fourth-order valence-corrected chi connectivity index (χ4v) is 1.12. The van der Waals surface area contributed by atoms with Gasteiger partial charge in [-0.3, -0.25) is 9.63 Å². The van der Waals surface area contributed by atoms with Crippen LogP contribution in [0.2, 0.25) is 0 Å². The Morgan fingerprint density at radius 1 is 1.44 bits per heavy atom. The predicted molar refractivity (Wildman–Crippen MR) is 63.8 cm³/mol. The van der Waals surface area contributed by atoms with Gasteiger partial charge in [-0.15, -0.1) is 0 Å². The van der Waals surface area contributed by atoms with E-state index in [1.165, 1.54) is 6.08 Å². The van der Waals surface area contributed by atoms with E-state index in [9.17, 15) is 9.59 Å². The number of carboxylic acids is 1. The van der Waals surface area contributed by atoms with E-state index in [0.717, 1.165) is 5.56 Å². The first-order chi connectivity index (χ1) is 8.61. The summed E-state index contributed by atoms with van der Waals surface area (Å²) in [5.74, 6) is -1.02. The third kappa shape index (κ3) is 5.13. The van der Waals surface area contributed by atoms with Crippen LogP contribution < -0.4 is 10.2 Å². The lowest BCUT2D eigenvalue weighted by atomic mass is 10.2. The number of benzene rings is 1. The number of methoxy groups -OCH3 is 1. The van der Waals surface area contributed by atoms with Crippen LogP contribution in [0.3, 0.4) is 0 Å². The molecule has 0 aliphatic rings. The van der Waals surface area contributed by atoms with Crippen LogP contribution in [-0.4, -0.2) is 30.7 Å². The number of hydrogen-bond donors (Lipinski definition) is 2. The Hall–Kier alpha value is -2.34. The van der Waals surface area contributed by atoms with Crippen LogP contribution in [0.1, 0.15) is 5.56 Å². The van der Waals surface area contributed by atoms with E-state index in [1.807, 2.05) is 5.48 Å². The lowest BCUT2D eigenvalue weighted by molar-refractivity contribution is -0.147. The van der Waals surface area contributed by atoms with Gasteiger partial charge >= 0.3 is 5.97 Å². The average molecular weight is 251 g/mol. The summed E-state index contributed by atoms with van der Waals surface area (Å²) in [4.78, 5) is 25.7. The molecule has 0 radical (unpaired) electrons. The molecule has 0 fully saturated rings. The lowest BCUT2D eigenvalue weighted by Crippen LogP contribution is -2.24. The standard InChI is InChI=1S/C12H13NO5/c1-17-10-4-2-3-9(7-10)5-6-11(14)13-18-8-12(15)16/h2-7H,8H2,1H3,(H,13,14)(H,15,16)/b6-5+.